The molecule has 0 heterocycles. The van der Waals surface area contributed by atoms with E-state index in [-0.39, 0.29) is 11.8 Å². The third kappa shape index (κ3) is 3.25. The predicted octanol–water partition coefficient (Wildman–Crippen LogP) is 1.54. The summed E-state index contributed by atoms with van der Waals surface area (Å²) in [5.74, 6) is -0.992. The molecule has 0 saturated heterocycles. The summed E-state index contributed by atoms with van der Waals surface area (Å²) in [5.41, 5.74) is 7.31. The molecule has 3 heteroatoms. The van der Waals surface area contributed by atoms with Gasteiger partial charge in [0.05, 0.1) is 0 Å². The predicted molar refractivity (Wildman–Crippen MR) is 62.1 cm³/mol. The van der Waals surface area contributed by atoms with E-state index in [0.717, 1.165) is 11.1 Å². The summed E-state index contributed by atoms with van der Waals surface area (Å²) in [5, 5.41) is 8.68. The first kappa shape index (κ1) is 12.5. The molecule has 0 aromatic heterocycles. The summed E-state index contributed by atoms with van der Waals surface area (Å²) in [6.07, 6.45) is 0.288. The van der Waals surface area contributed by atoms with Gasteiger partial charge in [-0.1, -0.05) is 32.9 Å². The van der Waals surface area contributed by atoms with Gasteiger partial charge < -0.3 is 10.8 Å². The molecule has 0 aliphatic heterocycles. The first-order valence-corrected chi connectivity index (χ1v) is 5.22. The fourth-order valence-electron chi connectivity index (χ4n) is 1.30. The minimum absolute atomic E-state index is 0.0317. The SMILES string of the molecule is CC(C)(C)c1c#cc(C[C@H](N)C(=O)O)cc1. The van der Waals surface area contributed by atoms with E-state index in [2.05, 4.69) is 32.9 Å². The average molecular weight is 219 g/mol. The Kier molecular flexibility index (Phi) is 3.56. The molecule has 0 unspecified atom stereocenters. The molecule has 0 aliphatic rings. The topological polar surface area (TPSA) is 63.3 Å². The van der Waals surface area contributed by atoms with Crippen molar-refractivity contribution in [3.63, 3.8) is 0 Å². The number of carbonyl (C=O) groups is 1. The Morgan fingerprint density at radius 1 is 1.44 bits per heavy atom. The molecule has 0 aliphatic carbocycles. The molecule has 1 rings (SSSR count). The minimum Gasteiger partial charge on any atom is -0.480 e. The van der Waals surface area contributed by atoms with Crippen LogP contribution in [0.5, 0.6) is 0 Å². The van der Waals surface area contributed by atoms with Crippen molar-refractivity contribution in [3.8, 4) is 0 Å². The summed E-state index contributed by atoms with van der Waals surface area (Å²) in [7, 11) is 0. The number of aliphatic carboxylic acids is 1. The fraction of sp³-hybridized carbons (Fsp3) is 0.462. The van der Waals surface area contributed by atoms with E-state index in [9.17, 15) is 4.79 Å². The lowest BCUT2D eigenvalue weighted by molar-refractivity contribution is -0.138. The van der Waals surface area contributed by atoms with Crippen LogP contribution in [0, 0.1) is 12.1 Å². The molecule has 0 radical (unpaired) electrons. The fourth-order valence-corrected chi connectivity index (χ4v) is 1.30. The van der Waals surface area contributed by atoms with Gasteiger partial charge in [0, 0.05) is 17.5 Å². The Morgan fingerprint density at radius 3 is 2.44 bits per heavy atom. The second-order valence-electron chi connectivity index (χ2n) is 4.92. The molecule has 0 bridgehead atoms. The van der Waals surface area contributed by atoms with Crippen molar-refractivity contribution in [2.45, 2.75) is 38.6 Å². The number of nitrogens with two attached hydrogens (primary N) is 1. The van der Waals surface area contributed by atoms with Crippen LogP contribution in [0.3, 0.4) is 0 Å². The van der Waals surface area contributed by atoms with Crippen LogP contribution in [0.4, 0.5) is 0 Å². The van der Waals surface area contributed by atoms with Gasteiger partial charge in [-0.2, -0.15) is 0 Å². The van der Waals surface area contributed by atoms with Crippen molar-refractivity contribution in [1.82, 2.24) is 0 Å². The Balaban J connectivity index is 2.76. The maximum absolute atomic E-state index is 10.6. The van der Waals surface area contributed by atoms with Crippen molar-refractivity contribution in [2.75, 3.05) is 0 Å². The van der Waals surface area contributed by atoms with Crippen molar-refractivity contribution in [1.29, 1.82) is 0 Å². The summed E-state index contributed by atoms with van der Waals surface area (Å²) >= 11 is 0. The molecule has 3 nitrogen and oxygen atoms in total. The van der Waals surface area contributed by atoms with Gasteiger partial charge in [-0.05, 0) is 17.5 Å². The first-order valence-electron chi connectivity index (χ1n) is 5.22. The van der Waals surface area contributed by atoms with E-state index in [1.54, 1.807) is 0 Å². The Morgan fingerprint density at radius 2 is 2.06 bits per heavy atom. The summed E-state index contributed by atoms with van der Waals surface area (Å²) < 4.78 is 0. The van der Waals surface area contributed by atoms with E-state index in [1.807, 2.05) is 12.1 Å². The normalized spacial score (nSPS) is 13.0. The molecule has 1 aromatic carbocycles. The number of carboxylic acid groups (broad SMARTS) is 1. The molecule has 86 valence electrons. The molecular formula is C13H17NO2. The maximum Gasteiger partial charge on any atom is 0.320 e. The van der Waals surface area contributed by atoms with Crippen LogP contribution < -0.4 is 5.73 Å². The largest absolute Gasteiger partial charge is 0.480 e. The third-order valence-corrected chi connectivity index (χ3v) is 2.37. The van der Waals surface area contributed by atoms with Crippen LogP contribution in [0.25, 0.3) is 0 Å². The zero-order chi connectivity index (χ0) is 12.3. The molecular weight excluding hydrogens is 202 g/mol. The molecule has 0 saturated carbocycles. The highest BCUT2D eigenvalue weighted by atomic mass is 16.4. The van der Waals surface area contributed by atoms with Gasteiger partial charge in [-0.15, -0.1) is 0 Å². The second kappa shape index (κ2) is 4.54. The lowest BCUT2D eigenvalue weighted by Crippen LogP contribution is -2.32. The van der Waals surface area contributed by atoms with Crippen molar-refractivity contribution < 1.29 is 9.90 Å². The van der Waals surface area contributed by atoms with E-state index >= 15 is 0 Å². The molecule has 0 amide bonds. The zero-order valence-electron chi connectivity index (χ0n) is 9.87. The summed E-state index contributed by atoms with van der Waals surface area (Å²) in [6, 6.07) is 8.94. The molecule has 1 atom stereocenters. The quantitative estimate of drug-likeness (QED) is 0.810. The Hall–Kier alpha value is -1.53. The van der Waals surface area contributed by atoms with Crippen LogP contribution in [-0.4, -0.2) is 17.1 Å². The molecule has 0 spiro atoms. The monoisotopic (exact) mass is 219 g/mol. The number of hydrogen-bond acceptors (Lipinski definition) is 2. The van der Waals surface area contributed by atoms with Crippen LogP contribution in [0.1, 0.15) is 31.9 Å². The lowest BCUT2D eigenvalue weighted by atomic mass is 9.88. The molecule has 1 aromatic rings. The standard InChI is InChI=1S/C13H17NO2/c1-13(2,3)10-6-4-9(5-7-10)8-11(14)12(15)16/h4,6,11H,8,14H2,1-3H3,(H,15,16)/t11-/m0/s1. The molecule has 3 N–H and O–H groups in total. The van der Waals surface area contributed by atoms with Crippen LogP contribution in [0.2, 0.25) is 0 Å². The van der Waals surface area contributed by atoms with Gasteiger partial charge in [0.2, 0.25) is 0 Å². The number of rotatable bonds is 3. The molecule has 0 fully saturated rings. The molecule has 16 heavy (non-hydrogen) atoms. The van der Waals surface area contributed by atoms with Gasteiger partial charge >= 0.3 is 5.97 Å². The second-order valence-corrected chi connectivity index (χ2v) is 4.92. The summed E-state index contributed by atoms with van der Waals surface area (Å²) in [6.45, 7) is 6.28. The van der Waals surface area contributed by atoms with E-state index in [0.29, 0.717) is 0 Å². The Labute approximate surface area is 96.3 Å². The van der Waals surface area contributed by atoms with Crippen molar-refractivity contribution >= 4 is 5.97 Å². The van der Waals surface area contributed by atoms with Gasteiger partial charge in [0.25, 0.3) is 0 Å². The minimum atomic E-state index is -0.992. The van der Waals surface area contributed by atoms with E-state index < -0.39 is 12.0 Å². The van der Waals surface area contributed by atoms with Gasteiger partial charge in [-0.25, -0.2) is 0 Å². The average Bonchev–Trinajstić information content (AvgIpc) is 2.17. The van der Waals surface area contributed by atoms with Crippen LogP contribution in [-0.2, 0) is 16.6 Å². The van der Waals surface area contributed by atoms with Gasteiger partial charge in [0.15, 0.2) is 0 Å². The number of hydrogen-bond donors (Lipinski definition) is 2. The highest BCUT2D eigenvalue weighted by Gasteiger charge is 2.15. The van der Waals surface area contributed by atoms with E-state index in [4.69, 9.17) is 10.8 Å². The third-order valence-electron chi connectivity index (χ3n) is 2.37. The van der Waals surface area contributed by atoms with E-state index in [1.165, 1.54) is 0 Å². The summed E-state index contributed by atoms with van der Waals surface area (Å²) in [4.78, 5) is 10.6. The first-order chi connectivity index (χ1) is 7.30. The van der Waals surface area contributed by atoms with Crippen molar-refractivity contribution in [3.05, 3.63) is 35.4 Å². The maximum atomic E-state index is 10.6. The highest BCUT2D eigenvalue weighted by Crippen LogP contribution is 2.19. The van der Waals surface area contributed by atoms with Crippen molar-refractivity contribution in [2.24, 2.45) is 5.73 Å². The number of carboxylic acids is 1. The van der Waals surface area contributed by atoms with Crippen LogP contribution in [0.15, 0.2) is 12.1 Å². The Bertz CT molecular complexity index is 363. The zero-order valence-corrected chi connectivity index (χ0v) is 9.87. The lowest BCUT2D eigenvalue weighted by Gasteiger charge is -2.16. The van der Waals surface area contributed by atoms with Gasteiger partial charge in [-0.3, -0.25) is 4.79 Å². The van der Waals surface area contributed by atoms with Gasteiger partial charge in [0.1, 0.15) is 6.04 Å². The smallest absolute Gasteiger partial charge is 0.320 e. The van der Waals surface area contributed by atoms with Crippen LogP contribution >= 0.6 is 0 Å². The highest BCUT2D eigenvalue weighted by molar-refractivity contribution is 5.73.